The maximum absolute atomic E-state index is 13.0. The van der Waals surface area contributed by atoms with Crippen molar-refractivity contribution in [1.29, 1.82) is 0 Å². The third-order valence-electron chi connectivity index (χ3n) is 3.97. The van der Waals surface area contributed by atoms with Crippen LogP contribution in [0, 0.1) is 23.0 Å². The van der Waals surface area contributed by atoms with E-state index in [9.17, 15) is 13.6 Å². The summed E-state index contributed by atoms with van der Waals surface area (Å²) in [7, 11) is 0. The summed E-state index contributed by atoms with van der Waals surface area (Å²) < 4.78 is 26.0. The third kappa shape index (κ3) is 3.15. The van der Waals surface area contributed by atoms with Crippen molar-refractivity contribution < 1.29 is 13.6 Å². The molecule has 1 aromatic rings. The predicted molar refractivity (Wildman–Crippen MR) is 73.0 cm³/mol. The van der Waals surface area contributed by atoms with E-state index in [1.54, 1.807) is 0 Å². The van der Waals surface area contributed by atoms with Crippen LogP contribution < -0.4 is 11.1 Å². The number of halogens is 2. The fourth-order valence-electron chi connectivity index (χ4n) is 2.98. The van der Waals surface area contributed by atoms with Crippen molar-refractivity contribution in [2.24, 2.45) is 17.1 Å². The zero-order chi connectivity index (χ0) is 14.8. The first-order valence-corrected chi connectivity index (χ1v) is 6.88. The maximum Gasteiger partial charge on any atom is 0.227 e. The molecule has 3 nitrogen and oxygen atoms in total. The standard InChI is InChI=1S/C15H20F2N2O/c1-10-7-15(8-10,9-18)14(20)19-3-2-11-4-12(16)6-13(17)5-11/h4-6,10H,2-3,7-9,18H2,1H3,(H,19,20). The lowest BCUT2D eigenvalue weighted by Crippen LogP contribution is -2.53. The van der Waals surface area contributed by atoms with Gasteiger partial charge in [-0.2, -0.15) is 0 Å². The second-order valence-electron chi connectivity index (χ2n) is 5.78. The number of rotatable bonds is 5. The fourth-order valence-corrected chi connectivity index (χ4v) is 2.98. The SMILES string of the molecule is CC1CC(CN)(C(=O)NCCc2cc(F)cc(F)c2)C1. The van der Waals surface area contributed by atoms with Gasteiger partial charge in [-0.3, -0.25) is 4.79 Å². The van der Waals surface area contributed by atoms with E-state index in [1.807, 2.05) is 0 Å². The lowest BCUT2D eigenvalue weighted by atomic mass is 9.62. The first-order valence-electron chi connectivity index (χ1n) is 6.88. The van der Waals surface area contributed by atoms with Gasteiger partial charge in [0.05, 0.1) is 5.41 Å². The topological polar surface area (TPSA) is 55.1 Å². The molecule has 2 rings (SSSR count). The van der Waals surface area contributed by atoms with Crippen molar-refractivity contribution in [3.8, 4) is 0 Å². The molecule has 0 bridgehead atoms. The van der Waals surface area contributed by atoms with Gasteiger partial charge < -0.3 is 11.1 Å². The van der Waals surface area contributed by atoms with E-state index in [2.05, 4.69) is 12.2 Å². The molecule has 20 heavy (non-hydrogen) atoms. The maximum atomic E-state index is 13.0. The minimum absolute atomic E-state index is 0.0463. The molecule has 0 aromatic heterocycles. The molecular formula is C15H20F2N2O. The molecule has 1 aliphatic carbocycles. The predicted octanol–water partition coefficient (Wildman–Crippen LogP) is 2.00. The molecule has 0 atom stereocenters. The summed E-state index contributed by atoms with van der Waals surface area (Å²) in [6.07, 6.45) is 2.02. The highest BCUT2D eigenvalue weighted by Gasteiger charge is 2.46. The second-order valence-corrected chi connectivity index (χ2v) is 5.78. The Hall–Kier alpha value is -1.49. The second kappa shape index (κ2) is 5.87. The first kappa shape index (κ1) is 14.9. The van der Waals surface area contributed by atoms with Gasteiger partial charge >= 0.3 is 0 Å². The smallest absolute Gasteiger partial charge is 0.227 e. The molecule has 0 heterocycles. The highest BCUT2D eigenvalue weighted by atomic mass is 19.1. The van der Waals surface area contributed by atoms with E-state index in [0.717, 1.165) is 18.9 Å². The number of carbonyl (C=O) groups is 1. The van der Waals surface area contributed by atoms with E-state index in [0.29, 0.717) is 31.0 Å². The Morgan fingerprint density at radius 1 is 1.35 bits per heavy atom. The summed E-state index contributed by atoms with van der Waals surface area (Å²) in [6.45, 7) is 2.80. The van der Waals surface area contributed by atoms with Gasteiger partial charge in [0, 0.05) is 19.2 Å². The molecule has 3 N–H and O–H groups in total. The lowest BCUT2D eigenvalue weighted by Gasteiger charge is -2.44. The van der Waals surface area contributed by atoms with E-state index in [4.69, 9.17) is 5.73 Å². The number of nitrogens with two attached hydrogens (primary N) is 1. The molecule has 0 unspecified atom stereocenters. The summed E-state index contributed by atoms with van der Waals surface area (Å²) in [5.41, 5.74) is 5.79. The summed E-state index contributed by atoms with van der Waals surface area (Å²) >= 11 is 0. The van der Waals surface area contributed by atoms with Crippen molar-refractivity contribution in [1.82, 2.24) is 5.32 Å². The van der Waals surface area contributed by atoms with Crippen molar-refractivity contribution >= 4 is 5.91 Å². The molecule has 1 aliphatic rings. The van der Waals surface area contributed by atoms with E-state index >= 15 is 0 Å². The lowest BCUT2D eigenvalue weighted by molar-refractivity contribution is -0.138. The van der Waals surface area contributed by atoms with Crippen molar-refractivity contribution in [2.75, 3.05) is 13.1 Å². The minimum atomic E-state index is -0.599. The van der Waals surface area contributed by atoms with Gasteiger partial charge in [0.15, 0.2) is 0 Å². The van der Waals surface area contributed by atoms with Gasteiger partial charge in [0.1, 0.15) is 11.6 Å². The van der Waals surface area contributed by atoms with Gasteiger partial charge in [-0.05, 0) is 42.9 Å². The molecule has 0 saturated heterocycles. The Morgan fingerprint density at radius 2 is 1.95 bits per heavy atom. The Morgan fingerprint density at radius 3 is 2.45 bits per heavy atom. The van der Waals surface area contributed by atoms with Crippen LogP contribution in [0.2, 0.25) is 0 Å². The normalized spacial score (nSPS) is 25.1. The number of benzene rings is 1. The van der Waals surface area contributed by atoms with Crippen LogP contribution in [-0.4, -0.2) is 19.0 Å². The van der Waals surface area contributed by atoms with Crippen LogP contribution in [0.3, 0.4) is 0 Å². The van der Waals surface area contributed by atoms with E-state index < -0.39 is 17.0 Å². The molecule has 110 valence electrons. The summed E-state index contributed by atoms with van der Waals surface area (Å²) in [4.78, 5) is 12.1. The number of nitrogens with one attached hydrogen (secondary N) is 1. The average Bonchev–Trinajstić information content (AvgIpc) is 2.33. The molecule has 1 saturated carbocycles. The van der Waals surface area contributed by atoms with Gasteiger partial charge in [-0.1, -0.05) is 6.92 Å². The molecule has 1 amide bonds. The van der Waals surface area contributed by atoms with Crippen LogP contribution in [0.4, 0.5) is 8.78 Å². The van der Waals surface area contributed by atoms with Crippen LogP contribution in [0.15, 0.2) is 18.2 Å². The molecule has 1 fully saturated rings. The zero-order valence-electron chi connectivity index (χ0n) is 11.6. The van der Waals surface area contributed by atoms with E-state index in [-0.39, 0.29) is 5.91 Å². The summed E-state index contributed by atoms with van der Waals surface area (Å²) in [6, 6.07) is 3.39. The molecule has 0 radical (unpaired) electrons. The number of amides is 1. The molecular weight excluding hydrogens is 262 g/mol. The van der Waals surface area contributed by atoms with E-state index in [1.165, 1.54) is 12.1 Å². The molecule has 1 aromatic carbocycles. The van der Waals surface area contributed by atoms with Crippen LogP contribution in [-0.2, 0) is 11.2 Å². The Kier molecular flexibility index (Phi) is 4.38. The summed E-state index contributed by atoms with van der Waals surface area (Å²) in [5.74, 6) is -0.716. The zero-order valence-corrected chi connectivity index (χ0v) is 11.6. The molecule has 0 aliphatic heterocycles. The van der Waals surface area contributed by atoms with Crippen molar-refractivity contribution in [3.05, 3.63) is 35.4 Å². The molecule has 0 spiro atoms. The average molecular weight is 282 g/mol. The van der Waals surface area contributed by atoms with Gasteiger partial charge in [0.25, 0.3) is 0 Å². The van der Waals surface area contributed by atoms with Crippen LogP contribution in [0.1, 0.15) is 25.3 Å². The fraction of sp³-hybridized carbons (Fsp3) is 0.533. The largest absolute Gasteiger partial charge is 0.355 e. The Labute approximate surface area is 117 Å². The monoisotopic (exact) mass is 282 g/mol. The molecule has 5 heteroatoms. The quantitative estimate of drug-likeness (QED) is 0.868. The number of hydrogen-bond acceptors (Lipinski definition) is 2. The van der Waals surface area contributed by atoms with Crippen molar-refractivity contribution in [2.45, 2.75) is 26.2 Å². The van der Waals surface area contributed by atoms with Gasteiger partial charge in [0.2, 0.25) is 5.91 Å². The van der Waals surface area contributed by atoms with Gasteiger partial charge in [-0.25, -0.2) is 8.78 Å². The Bertz CT molecular complexity index is 478. The number of hydrogen-bond donors (Lipinski definition) is 2. The van der Waals surface area contributed by atoms with Crippen LogP contribution >= 0.6 is 0 Å². The third-order valence-corrected chi connectivity index (χ3v) is 3.97. The van der Waals surface area contributed by atoms with Crippen molar-refractivity contribution in [3.63, 3.8) is 0 Å². The highest BCUT2D eigenvalue weighted by Crippen LogP contribution is 2.44. The highest BCUT2D eigenvalue weighted by molar-refractivity contribution is 5.83. The van der Waals surface area contributed by atoms with Crippen LogP contribution in [0.5, 0.6) is 0 Å². The number of carbonyl (C=O) groups excluding carboxylic acids is 1. The van der Waals surface area contributed by atoms with Crippen LogP contribution in [0.25, 0.3) is 0 Å². The Balaban J connectivity index is 1.85. The van der Waals surface area contributed by atoms with Gasteiger partial charge in [-0.15, -0.1) is 0 Å². The summed E-state index contributed by atoms with van der Waals surface area (Å²) in [5, 5.41) is 2.82. The minimum Gasteiger partial charge on any atom is -0.355 e. The first-order chi connectivity index (χ1) is 9.45.